The predicted octanol–water partition coefficient (Wildman–Crippen LogP) is 1.77. The number of carbonyl (C=O) groups is 1. The molecule has 0 spiro atoms. The fourth-order valence-electron chi connectivity index (χ4n) is 0.781. The van der Waals surface area contributed by atoms with E-state index in [-0.39, 0.29) is 5.69 Å². The molecule has 0 unspecified atom stereocenters. The second-order valence-corrected chi connectivity index (χ2v) is 2.11. The molecule has 0 aliphatic heterocycles. The lowest BCUT2D eigenvalue weighted by Gasteiger charge is -1.87. The van der Waals surface area contributed by atoms with Crippen molar-refractivity contribution in [3.63, 3.8) is 0 Å². The third kappa shape index (κ3) is 2.70. The highest BCUT2D eigenvalue weighted by atomic mass is 16.6. The second-order valence-electron chi connectivity index (χ2n) is 2.11. The van der Waals surface area contributed by atoms with Crippen LogP contribution in [0.3, 0.4) is 0 Å². The third-order valence-electron chi connectivity index (χ3n) is 1.36. The highest BCUT2D eigenvalue weighted by molar-refractivity contribution is 5.74. The summed E-state index contributed by atoms with van der Waals surface area (Å²) in [5.41, 5.74) is 0.242. The smallest absolute Gasteiger partial charge is 0.287 e. The van der Waals surface area contributed by atoms with Crippen LogP contribution in [0.2, 0.25) is 0 Å². The van der Waals surface area contributed by atoms with Gasteiger partial charge in [-0.05, 0) is 0 Å². The van der Waals surface area contributed by atoms with Crippen LogP contribution in [-0.2, 0) is 7.05 Å². The number of aldehydes is 1. The average Bonchev–Trinajstić information content (AvgIpc) is 2.50. The van der Waals surface area contributed by atoms with Gasteiger partial charge in [-0.3, -0.25) is 14.9 Å². The summed E-state index contributed by atoms with van der Waals surface area (Å²) in [6.45, 7) is 4.00. The molecule has 0 fully saturated rings. The van der Waals surface area contributed by atoms with Gasteiger partial charge in [0.2, 0.25) is 0 Å². The van der Waals surface area contributed by atoms with E-state index in [4.69, 9.17) is 0 Å². The zero-order valence-electron chi connectivity index (χ0n) is 7.85. The van der Waals surface area contributed by atoms with Crippen molar-refractivity contribution in [3.8, 4) is 0 Å². The van der Waals surface area contributed by atoms with Gasteiger partial charge in [0, 0.05) is 13.1 Å². The van der Waals surface area contributed by atoms with Gasteiger partial charge in [-0.15, -0.1) is 0 Å². The molecule has 0 atom stereocenters. The molecule has 1 aromatic rings. The maximum Gasteiger partial charge on any atom is 0.287 e. The van der Waals surface area contributed by atoms with Crippen molar-refractivity contribution >= 4 is 12.0 Å². The minimum absolute atomic E-state index is 0.0606. The van der Waals surface area contributed by atoms with Crippen LogP contribution in [0.15, 0.2) is 12.3 Å². The summed E-state index contributed by atoms with van der Waals surface area (Å²) in [5.74, 6) is 0. The first-order valence-corrected chi connectivity index (χ1v) is 3.91. The molecule has 0 aliphatic carbocycles. The number of carbonyl (C=O) groups excluding carboxylic acids is 1. The number of nitrogens with zero attached hydrogens (tertiary/aromatic N) is 2. The van der Waals surface area contributed by atoms with Crippen LogP contribution in [0.25, 0.3) is 0 Å². The molecular formula is C8H12N2O3. The SMILES string of the molecule is CC.Cn1cc([N+](=O)[O-])cc1C=O. The zero-order valence-corrected chi connectivity index (χ0v) is 7.85. The van der Waals surface area contributed by atoms with Crippen molar-refractivity contribution in [2.75, 3.05) is 0 Å². The lowest BCUT2D eigenvalue weighted by atomic mass is 10.4. The molecule has 1 heterocycles. The fourth-order valence-corrected chi connectivity index (χ4v) is 0.781. The standard InChI is InChI=1S/C6H6N2O3.C2H6/c1-7-3-5(8(10)11)2-6(7)4-9;1-2/h2-4H,1H3;1-2H3. The molecule has 72 valence electrons. The van der Waals surface area contributed by atoms with Gasteiger partial charge >= 0.3 is 0 Å². The van der Waals surface area contributed by atoms with E-state index in [9.17, 15) is 14.9 Å². The van der Waals surface area contributed by atoms with Gasteiger partial charge in [0.25, 0.3) is 5.69 Å². The van der Waals surface area contributed by atoms with E-state index in [0.29, 0.717) is 12.0 Å². The molecule has 0 saturated carbocycles. The molecular weight excluding hydrogens is 172 g/mol. The van der Waals surface area contributed by atoms with Crippen LogP contribution in [0.5, 0.6) is 0 Å². The molecule has 0 amide bonds. The van der Waals surface area contributed by atoms with E-state index in [0.717, 1.165) is 0 Å². The van der Waals surface area contributed by atoms with Gasteiger partial charge < -0.3 is 4.57 Å². The fraction of sp³-hybridized carbons (Fsp3) is 0.375. The lowest BCUT2D eigenvalue weighted by Crippen LogP contribution is -1.90. The molecule has 0 saturated heterocycles. The summed E-state index contributed by atoms with van der Waals surface area (Å²) < 4.78 is 1.41. The topological polar surface area (TPSA) is 65.1 Å². The van der Waals surface area contributed by atoms with Crippen LogP contribution >= 0.6 is 0 Å². The minimum atomic E-state index is -0.535. The van der Waals surface area contributed by atoms with E-state index in [1.54, 1.807) is 7.05 Å². The Morgan fingerprint density at radius 1 is 1.54 bits per heavy atom. The Balaban J connectivity index is 0.000000671. The molecule has 0 aromatic carbocycles. The zero-order chi connectivity index (χ0) is 10.4. The maximum absolute atomic E-state index is 10.2. The first kappa shape index (κ1) is 11.4. The first-order valence-electron chi connectivity index (χ1n) is 3.91. The number of hydrogen-bond acceptors (Lipinski definition) is 3. The summed E-state index contributed by atoms with van der Waals surface area (Å²) in [7, 11) is 1.58. The normalized spacial score (nSPS) is 8.54. The highest BCUT2D eigenvalue weighted by Gasteiger charge is 2.10. The van der Waals surface area contributed by atoms with Gasteiger partial charge in [0.15, 0.2) is 6.29 Å². The van der Waals surface area contributed by atoms with Gasteiger partial charge in [0.1, 0.15) is 0 Å². The second kappa shape index (κ2) is 5.08. The Labute approximate surface area is 76.1 Å². The Bertz CT molecular complexity index is 304. The Hall–Kier alpha value is -1.65. The Morgan fingerprint density at radius 2 is 2.08 bits per heavy atom. The van der Waals surface area contributed by atoms with Crippen molar-refractivity contribution in [1.82, 2.24) is 4.57 Å². The van der Waals surface area contributed by atoms with Crippen molar-refractivity contribution in [2.24, 2.45) is 7.05 Å². The van der Waals surface area contributed by atoms with Gasteiger partial charge in [-0.1, -0.05) is 13.8 Å². The van der Waals surface area contributed by atoms with E-state index in [2.05, 4.69) is 0 Å². The summed E-state index contributed by atoms with van der Waals surface area (Å²) in [6, 6.07) is 1.23. The van der Waals surface area contributed by atoms with Gasteiger partial charge in [-0.2, -0.15) is 0 Å². The Morgan fingerprint density at radius 3 is 2.31 bits per heavy atom. The third-order valence-corrected chi connectivity index (χ3v) is 1.36. The molecule has 0 radical (unpaired) electrons. The molecule has 1 aromatic heterocycles. The van der Waals surface area contributed by atoms with E-state index < -0.39 is 4.92 Å². The van der Waals surface area contributed by atoms with Crippen molar-refractivity contribution in [2.45, 2.75) is 13.8 Å². The number of nitro groups is 1. The number of hydrogen-bond donors (Lipinski definition) is 0. The lowest BCUT2D eigenvalue weighted by molar-refractivity contribution is -0.384. The maximum atomic E-state index is 10.2. The summed E-state index contributed by atoms with van der Waals surface area (Å²) in [6.07, 6.45) is 1.87. The Kier molecular flexibility index (Phi) is 4.43. The van der Waals surface area contributed by atoms with Crippen LogP contribution in [0.4, 0.5) is 5.69 Å². The highest BCUT2D eigenvalue weighted by Crippen LogP contribution is 2.12. The molecule has 1 rings (SSSR count). The number of aryl methyl sites for hydroxylation is 1. The number of aromatic nitrogens is 1. The van der Waals surface area contributed by atoms with Gasteiger partial charge in [0.05, 0.1) is 16.8 Å². The summed E-state index contributed by atoms with van der Waals surface area (Å²) in [5, 5.41) is 10.2. The van der Waals surface area contributed by atoms with Crippen LogP contribution in [-0.4, -0.2) is 15.8 Å². The molecule has 0 bridgehead atoms. The molecule has 5 heteroatoms. The molecule has 13 heavy (non-hydrogen) atoms. The monoisotopic (exact) mass is 184 g/mol. The van der Waals surface area contributed by atoms with Crippen LogP contribution in [0.1, 0.15) is 24.3 Å². The van der Waals surface area contributed by atoms with Crippen molar-refractivity contribution < 1.29 is 9.72 Å². The summed E-state index contributed by atoms with van der Waals surface area (Å²) in [4.78, 5) is 19.8. The quantitative estimate of drug-likeness (QED) is 0.399. The van der Waals surface area contributed by atoms with Crippen molar-refractivity contribution in [1.29, 1.82) is 0 Å². The largest absolute Gasteiger partial charge is 0.342 e. The molecule has 5 nitrogen and oxygen atoms in total. The minimum Gasteiger partial charge on any atom is -0.342 e. The molecule has 0 aliphatic rings. The number of rotatable bonds is 2. The first-order chi connectivity index (χ1) is 6.15. The van der Waals surface area contributed by atoms with E-state index >= 15 is 0 Å². The average molecular weight is 184 g/mol. The van der Waals surface area contributed by atoms with E-state index in [1.807, 2.05) is 13.8 Å². The van der Waals surface area contributed by atoms with Gasteiger partial charge in [-0.25, -0.2) is 0 Å². The summed E-state index contributed by atoms with van der Waals surface area (Å²) >= 11 is 0. The van der Waals surface area contributed by atoms with E-state index in [1.165, 1.54) is 16.8 Å². The van der Waals surface area contributed by atoms with Crippen LogP contribution < -0.4 is 0 Å². The van der Waals surface area contributed by atoms with Crippen LogP contribution in [0, 0.1) is 10.1 Å². The van der Waals surface area contributed by atoms with Crippen molar-refractivity contribution in [3.05, 3.63) is 28.1 Å². The predicted molar refractivity (Wildman–Crippen MR) is 48.8 cm³/mol. The molecule has 0 N–H and O–H groups in total.